The Bertz CT molecular complexity index is 526. The zero-order valence-electron chi connectivity index (χ0n) is 11.0. The van der Waals surface area contributed by atoms with E-state index >= 15 is 0 Å². The van der Waals surface area contributed by atoms with Gasteiger partial charge in [-0.05, 0) is 24.1 Å². The smallest absolute Gasteiger partial charge is 0.186 e. The van der Waals surface area contributed by atoms with Gasteiger partial charge in [-0.15, -0.1) is 0 Å². The Balaban J connectivity index is 2.26. The summed E-state index contributed by atoms with van der Waals surface area (Å²) < 4.78 is 14.7. The molecule has 2 unspecified atom stereocenters. The number of halogens is 1. The lowest BCUT2D eigenvalue weighted by atomic mass is 10.0. The van der Waals surface area contributed by atoms with Gasteiger partial charge in [0.2, 0.25) is 0 Å². The summed E-state index contributed by atoms with van der Waals surface area (Å²) in [5.74, 6) is -0.240. The molecule has 0 radical (unpaired) electrons. The fourth-order valence-electron chi connectivity index (χ4n) is 1.78. The molecule has 1 heterocycles. The van der Waals surface area contributed by atoms with E-state index in [2.05, 4.69) is 10.1 Å². The minimum absolute atomic E-state index is 0.0211. The number of hydrogen-bond acceptors (Lipinski definition) is 4. The van der Waals surface area contributed by atoms with Crippen LogP contribution < -0.4 is 5.73 Å². The van der Waals surface area contributed by atoms with E-state index in [1.165, 1.54) is 18.5 Å². The molecular formula is C13H17FN4S. The zero-order chi connectivity index (χ0) is 13.8. The highest BCUT2D eigenvalue weighted by Gasteiger charge is 2.22. The maximum Gasteiger partial charge on any atom is 0.186 e. The first-order valence-corrected chi connectivity index (χ1v) is 7.01. The monoisotopic (exact) mass is 280 g/mol. The van der Waals surface area contributed by atoms with Crippen LogP contribution in [0.2, 0.25) is 0 Å². The second-order valence-corrected chi connectivity index (χ2v) is 5.44. The zero-order valence-corrected chi connectivity index (χ0v) is 11.8. The molecule has 4 nitrogen and oxygen atoms in total. The van der Waals surface area contributed by atoms with E-state index in [1.807, 2.05) is 14.0 Å². The average molecular weight is 280 g/mol. The van der Waals surface area contributed by atoms with Crippen molar-refractivity contribution in [3.8, 4) is 0 Å². The molecule has 0 aliphatic carbocycles. The van der Waals surface area contributed by atoms with Crippen molar-refractivity contribution in [1.29, 1.82) is 0 Å². The van der Waals surface area contributed by atoms with Crippen LogP contribution in [0, 0.1) is 5.82 Å². The number of thioether (sulfide) groups is 1. The van der Waals surface area contributed by atoms with E-state index in [4.69, 9.17) is 5.73 Å². The predicted octanol–water partition coefficient (Wildman–Crippen LogP) is 2.52. The van der Waals surface area contributed by atoms with Gasteiger partial charge in [0.05, 0.1) is 5.25 Å². The maximum atomic E-state index is 13.0. The molecule has 6 heteroatoms. The highest BCUT2D eigenvalue weighted by atomic mass is 32.2. The second kappa shape index (κ2) is 6.16. The van der Waals surface area contributed by atoms with Crippen molar-refractivity contribution < 1.29 is 4.39 Å². The molecule has 0 bridgehead atoms. The van der Waals surface area contributed by atoms with Crippen molar-refractivity contribution in [3.05, 3.63) is 42.0 Å². The van der Waals surface area contributed by atoms with E-state index in [0.717, 1.165) is 17.1 Å². The third-order valence-electron chi connectivity index (χ3n) is 2.96. The Hall–Kier alpha value is -1.40. The second-order valence-electron chi connectivity index (χ2n) is 4.33. The van der Waals surface area contributed by atoms with Gasteiger partial charge in [0.1, 0.15) is 12.1 Å². The van der Waals surface area contributed by atoms with Crippen molar-refractivity contribution in [2.45, 2.75) is 29.8 Å². The normalized spacial score (nSPS) is 14.3. The number of aryl methyl sites for hydroxylation is 1. The molecule has 1 aromatic carbocycles. The molecule has 0 aliphatic rings. The average Bonchev–Trinajstić information content (AvgIpc) is 2.82. The number of aromatic nitrogens is 3. The SMILES string of the molecule is CCC(N)C(Sc1ncnn1C)c1ccc(F)cc1. The minimum atomic E-state index is -0.240. The topological polar surface area (TPSA) is 56.7 Å². The number of nitrogens with zero attached hydrogens (tertiary/aromatic N) is 3. The van der Waals surface area contributed by atoms with Crippen LogP contribution >= 0.6 is 11.8 Å². The molecular weight excluding hydrogens is 263 g/mol. The van der Waals surface area contributed by atoms with Gasteiger partial charge in [-0.1, -0.05) is 30.8 Å². The summed E-state index contributed by atoms with van der Waals surface area (Å²) in [6, 6.07) is 6.45. The molecule has 2 N–H and O–H groups in total. The predicted molar refractivity (Wildman–Crippen MR) is 74.3 cm³/mol. The van der Waals surface area contributed by atoms with E-state index in [-0.39, 0.29) is 17.1 Å². The quantitative estimate of drug-likeness (QED) is 0.855. The van der Waals surface area contributed by atoms with Gasteiger partial charge < -0.3 is 5.73 Å². The van der Waals surface area contributed by atoms with Crippen LogP contribution in [-0.2, 0) is 7.05 Å². The Morgan fingerprint density at radius 3 is 2.58 bits per heavy atom. The summed E-state index contributed by atoms with van der Waals surface area (Å²) in [5, 5.41) is 4.89. The number of hydrogen-bond donors (Lipinski definition) is 1. The van der Waals surface area contributed by atoms with E-state index in [1.54, 1.807) is 28.6 Å². The van der Waals surface area contributed by atoms with E-state index in [0.29, 0.717) is 0 Å². The van der Waals surface area contributed by atoms with Crippen molar-refractivity contribution in [2.24, 2.45) is 12.8 Å². The minimum Gasteiger partial charge on any atom is -0.326 e. The standard InChI is InChI=1S/C13H17FN4S/c1-3-11(15)12(9-4-6-10(14)7-5-9)19-13-16-8-17-18(13)2/h4-8,11-12H,3,15H2,1-2H3. The van der Waals surface area contributed by atoms with Gasteiger partial charge >= 0.3 is 0 Å². The highest BCUT2D eigenvalue weighted by Crippen LogP contribution is 2.36. The van der Waals surface area contributed by atoms with Crippen LogP contribution in [0.3, 0.4) is 0 Å². The molecule has 19 heavy (non-hydrogen) atoms. The molecule has 102 valence electrons. The van der Waals surface area contributed by atoms with Crippen molar-refractivity contribution in [1.82, 2.24) is 14.8 Å². The third kappa shape index (κ3) is 3.33. The van der Waals surface area contributed by atoms with Crippen molar-refractivity contribution >= 4 is 11.8 Å². The first-order chi connectivity index (χ1) is 9.11. The lowest BCUT2D eigenvalue weighted by Gasteiger charge is -2.22. The fourth-order valence-corrected chi connectivity index (χ4v) is 2.97. The van der Waals surface area contributed by atoms with E-state index in [9.17, 15) is 4.39 Å². The van der Waals surface area contributed by atoms with Crippen LogP contribution in [0.25, 0.3) is 0 Å². The van der Waals surface area contributed by atoms with Crippen molar-refractivity contribution in [2.75, 3.05) is 0 Å². The molecule has 2 rings (SSSR count). The molecule has 0 aliphatic heterocycles. The van der Waals surface area contributed by atoms with Gasteiger partial charge in [0.15, 0.2) is 5.16 Å². The van der Waals surface area contributed by atoms with Gasteiger partial charge in [0, 0.05) is 13.1 Å². The van der Waals surface area contributed by atoms with Crippen LogP contribution in [0.5, 0.6) is 0 Å². The number of nitrogens with two attached hydrogens (primary N) is 1. The lowest BCUT2D eigenvalue weighted by Crippen LogP contribution is -2.26. The molecule has 2 aromatic rings. The molecule has 0 fully saturated rings. The molecule has 1 aromatic heterocycles. The largest absolute Gasteiger partial charge is 0.326 e. The molecule has 0 saturated heterocycles. The summed E-state index contributed by atoms with van der Waals surface area (Å²) in [4.78, 5) is 4.20. The van der Waals surface area contributed by atoms with Crippen LogP contribution in [0.4, 0.5) is 4.39 Å². The summed E-state index contributed by atoms with van der Waals surface area (Å²) in [5.41, 5.74) is 7.19. The van der Waals surface area contributed by atoms with Gasteiger partial charge in [-0.25, -0.2) is 14.1 Å². The van der Waals surface area contributed by atoms with Crippen LogP contribution in [-0.4, -0.2) is 20.8 Å². The van der Waals surface area contributed by atoms with Gasteiger partial charge in [0.25, 0.3) is 0 Å². The van der Waals surface area contributed by atoms with Crippen LogP contribution in [0.15, 0.2) is 35.7 Å². The highest BCUT2D eigenvalue weighted by molar-refractivity contribution is 7.99. The molecule has 0 spiro atoms. The third-order valence-corrected chi connectivity index (χ3v) is 4.42. The first-order valence-electron chi connectivity index (χ1n) is 6.13. The number of benzene rings is 1. The first kappa shape index (κ1) is 14.0. The Morgan fingerprint density at radius 1 is 1.37 bits per heavy atom. The summed E-state index contributed by atoms with van der Waals surface area (Å²) in [6.07, 6.45) is 2.36. The molecule has 0 amide bonds. The van der Waals surface area contributed by atoms with Crippen LogP contribution in [0.1, 0.15) is 24.2 Å². The number of rotatable bonds is 5. The molecule has 2 atom stereocenters. The Kier molecular flexibility index (Phi) is 4.55. The Morgan fingerprint density at radius 2 is 2.05 bits per heavy atom. The van der Waals surface area contributed by atoms with E-state index < -0.39 is 0 Å². The summed E-state index contributed by atoms with van der Waals surface area (Å²) in [7, 11) is 1.84. The Labute approximate surface area is 116 Å². The van der Waals surface area contributed by atoms with Gasteiger partial charge in [-0.2, -0.15) is 5.10 Å². The summed E-state index contributed by atoms with van der Waals surface area (Å²) >= 11 is 1.56. The lowest BCUT2D eigenvalue weighted by molar-refractivity contribution is 0.614. The summed E-state index contributed by atoms with van der Waals surface area (Å²) in [6.45, 7) is 2.04. The maximum absolute atomic E-state index is 13.0. The van der Waals surface area contributed by atoms with Crippen molar-refractivity contribution in [3.63, 3.8) is 0 Å². The fraction of sp³-hybridized carbons (Fsp3) is 0.385. The molecule has 0 saturated carbocycles. The van der Waals surface area contributed by atoms with Gasteiger partial charge in [-0.3, -0.25) is 0 Å².